The summed E-state index contributed by atoms with van der Waals surface area (Å²) in [6.07, 6.45) is 3.81. The third kappa shape index (κ3) is 4.66. The van der Waals surface area contributed by atoms with Gasteiger partial charge in [0.25, 0.3) is 0 Å². The van der Waals surface area contributed by atoms with E-state index in [0.717, 1.165) is 25.7 Å². The van der Waals surface area contributed by atoms with E-state index in [1.807, 2.05) is 37.3 Å². The van der Waals surface area contributed by atoms with E-state index in [4.69, 9.17) is 9.47 Å². The molecular formula is C24H34N2O6. The van der Waals surface area contributed by atoms with Crippen LogP contribution in [0, 0.1) is 5.41 Å². The normalized spacial score (nSPS) is 24.6. The Kier molecular flexibility index (Phi) is 7.56. The molecule has 0 aromatic heterocycles. The van der Waals surface area contributed by atoms with Crippen LogP contribution in [0.5, 0.6) is 0 Å². The van der Waals surface area contributed by atoms with Crippen molar-refractivity contribution in [2.45, 2.75) is 83.1 Å². The number of ether oxygens (including phenoxy) is 2. The Morgan fingerprint density at radius 3 is 2.44 bits per heavy atom. The average Bonchev–Trinajstić information content (AvgIpc) is 3.40. The lowest BCUT2D eigenvalue weighted by Gasteiger charge is -2.35. The lowest BCUT2D eigenvalue weighted by molar-refractivity contribution is -0.161. The van der Waals surface area contributed by atoms with Crippen LogP contribution in [0.15, 0.2) is 30.3 Å². The molecule has 1 spiro atoms. The topological polar surface area (TPSA) is 114 Å². The highest BCUT2D eigenvalue weighted by Gasteiger charge is 2.53. The van der Waals surface area contributed by atoms with Crippen molar-refractivity contribution in [2.24, 2.45) is 5.41 Å². The van der Waals surface area contributed by atoms with Crippen LogP contribution in [0.2, 0.25) is 0 Å². The number of carboxylic acids is 1. The van der Waals surface area contributed by atoms with Gasteiger partial charge in [0.05, 0.1) is 6.61 Å². The van der Waals surface area contributed by atoms with Gasteiger partial charge in [0.2, 0.25) is 0 Å². The molecule has 1 saturated heterocycles. The Morgan fingerprint density at radius 1 is 1.22 bits per heavy atom. The predicted octanol–water partition coefficient (Wildman–Crippen LogP) is 2.71. The maximum Gasteiger partial charge on any atom is 0.330 e. The van der Waals surface area contributed by atoms with Gasteiger partial charge in [-0.05, 0) is 45.1 Å². The molecule has 8 nitrogen and oxygen atoms in total. The number of rotatable bonds is 9. The fourth-order valence-corrected chi connectivity index (χ4v) is 5.13. The summed E-state index contributed by atoms with van der Waals surface area (Å²) < 4.78 is 11.2. The van der Waals surface area contributed by atoms with E-state index in [2.05, 4.69) is 10.6 Å². The Hall–Kier alpha value is -2.45. The van der Waals surface area contributed by atoms with E-state index < -0.39 is 41.8 Å². The van der Waals surface area contributed by atoms with E-state index >= 15 is 0 Å². The molecule has 0 amide bonds. The number of carbonyl (C=O) groups excluding carboxylic acids is 2. The number of esters is 2. The molecule has 2 fully saturated rings. The van der Waals surface area contributed by atoms with Crippen LogP contribution in [0.1, 0.15) is 64.9 Å². The summed E-state index contributed by atoms with van der Waals surface area (Å²) in [4.78, 5) is 37.7. The van der Waals surface area contributed by atoms with Crippen LogP contribution in [0.3, 0.4) is 0 Å². The highest BCUT2D eigenvalue weighted by molar-refractivity contribution is 5.84. The Morgan fingerprint density at radius 2 is 1.88 bits per heavy atom. The summed E-state index contributed by atoms with van der Waals surface area (Å²) in [5.74, 6) is -1.92. The van der Waals surface area contributed by atoms with Crippen molar-refractivity contribution >= 4 is 17.9 Å². The highest BCUT2D eigenvalue weighted by Crippen LogP contribution is 2.48. The first-order chi connectivity index (χ1) is 15.3. The Bertz CT molecular complexity index is 823. The number of aliphatic carboxylic acids is 1. The summed E-state index contributed by atoms with van der Waals surface area (Å²) >= 11 is 0. The fourth-order valence-electron chi connectivity index (χ4n) is 5.13. The summed E-state index contributed by atoms with van der Waals surface area (Å²) in [5, 5.41) is 15.6. The van der Waals surface area contributed by atoms with Crippen LogP contribution < -0.4 is 10.6 Å². The summed E-state index contributed by atoms with van der Waals surface area (Å²) in [5.41, 5.74) is -0.841. The largest absolute Gasteiger partial charge is 0.480 e. The molecule has 1 aliphatic heterocycles. The van der Waals surface area contributed by atoms with E-state index in [1.165, 1.54) is 0 Å². The molecule has 2 aliphatic rings. The zero-order valence-electron chi connectivity index (χ0n) is 19.1. The number of benzene rings is 1. The first-order valence-electron chi connectivity index (χ1n) is 11.5. The van der Waals surface area contributed by atoms with Crippen molar-refractivity contribution in [1.29, 1.82) is 0 Å². The van der Waals surface area contributed by atoms with Crippen molar-refractivity contribution < 1.29 is 29.0 Å². The molecule has 0 radical (unpaired) electrons. The zero-order chi connectivity index (χ0) is 23.4. The van der Waals surface area contributed by atoms with E-state index in [1.54, 1.807) is 13.8 Å². The average molecular weight is 447 g/mol. The number of hydrogen-bond acceptors (Lipinski definition) is 7. The number of carbonyl (C=O) groups is 3. The molecule has 1 aliphatic carbocycles. The second-order valence-corrected chi connectivity index (χ2v) is 8.86. The van der Waals surface area contributed by atoms with Gasteiger partial charge in [-0.15, -0.1) is 0 Å². The van der Waals surface area contributed by atoms with Gasteiger partial charge in [-0.3, -0.25) is 20.2 Å². The van der Waals surface area contributed by atoms with Crippen LogP contribution >= 0.6 is 0 Å². The monoisotopic (exact) mass is 446 g/mol. The minimum Gasteiger partial charge on any atom is -0.480 e. The fraction of sp³-hybridized carbons (Fsp3) is 0.625. The molecule has 0 bridgehead atoms. The molecule has 3 rings (SSSR count). The van der Waals surface area contributed by atoms with Crippen molar-refractivity contribution in [2.75, 3.05) is 6.61 Å². The van der Waals surface area contributed by atoms with Gasteiger partial charge < -0.3 is 14.6 Å². The van der Waals surface area contributed by atoms with Crippen LogP contribution in [-0.4, -0.2) is 47.9 Å². The number of hydrogen-bond donors (Lipinski definition) is 3. The summed E-state index contributed by atoms with van der Waals surface area (Å²) in [6, 6.07) is 7.64. The summed E-state index contributed by atoms with van der Waals surface area (Å²) in [7, 11) is 0. The molecule has 1 aromatic rings. The van der Waals surface area contributed by atoms with Gasteiger partial charge in [0, 0.05) is 5.41 Å². The summed E-state index contributed by atoms with van der Waals surface area (Å²) in [6.45, 7) is 5.48. The lowest BCUT2D eigenvalue weighted by Crippen LogP contribution is -2.56. The maximum atomic E-state index is 13.1. The van der Waals surface area contributed by atoms with Gasteiger partial charge in [-0.1, -0.05) is 50.1 Å². The van der Waals surface area contributed by atoms with Gasteiger partial charge in [-0.25, -0.2) is 4.79 Å². The third-order valence-corrected chi connectivity index (χ3v) is 6.89. The maximum absolute atomic E-state index is 13.1. The highest BCUT2D eigenvalue weighted by atomic mass is 16.6. The molecule has 176 valence electrons. The Labute approximate surface area is 189 Å². The van der Waals surface area contributed by atoms with Crippen molar-refractivity contribution in [3.05, 3.63) is 35.9 Å². The first-order valence-corrected chi connectivity index (χ1v) is 11.5. The molecule has 1 unspecified atom stereocenters. The van der Waals surface area contributed by atoms with Crippen LogP contribution in [-0.2, 0) is 29.4 Å². The molecule has 8 heteroatoms. The van der Waals surface area contributed by atoms with Crippen molar-refractivity contribution in [3.63, 3.8) is 0 Å². The van der Waals surface area contributed by atoms with Crippen molar-refractivity contribution in [1.82, 2.24) is 10.6 Å². The van der Waals surface area contributed by atoms with E-state index in [0.29, 0.717) is 18.4 Å². The molecule has 1 heterocycles. The van der Waals surface area contributed by atoms with Crippen LogP contribution in [0.4, 0.5) is 0 Å². The van der Waals surface area contributed by atoms with E-state index in [-0.39, 0.29) is 12.0 Å². The number of nitrogens with one attached hydrogen (secondary N) is 2. The van der Waals surface area contributed by atoms with Crippen molar-refractivity contribution in [3.8, 4) is 0 Å². The minimum absolute atomic E-state index is 0.221. The molecule has 32 heavy (non-hydrogen) atoms. The molecule has 1 saturated carbocycles. The standard InChI is InChI=1S/C24H34N2O6/c1-4-24(22(30)31-5-2,17-11-7-6-8-12-17)26-16(3)20(29)32-21-23(13-9-10-14-23)15-18(25-21)19(27)28/h6-8,11-12,16,18,21,25-26H,4-5,9-10,13-15H2,1-3H3,(H,27,28)/t16-,18?,21-,24-/m0/s1. The first kappa shape index (κ1) is 24.2. The molecule has 4 atom stereocenters. The minimum atomic E-state index is -1.20. The van der Waals surface area contributed by atoms with Gasteiger partial charge >= 0.3 is 17.9 Å². The SMILES string of the molecule is CCOC(=O)[C@@](CC)(N[C@@H](C)C(=O)O[C@@H]1NC(C(=O)O)CC12CCCC2)c1ccccc1. The van der Waals surface area contributed by atoms with Gasteiger partial charge in [-0.2, -0.15) is 0 Å². The molecule has 1 aromatic carbocycles. The molecule has 3 N–H and O–H groups in total. The Balaban J connectivity index is 1.79. The van der Waals surface area contributed by atoms with Gasteiger partial charge in [0.1, 0.15) is 17.6 Å². The quantitative estimate of drug-likeness (QED) is 0.496. The second-order valence-electron chi connectivity index (χ2n) is 8.86. The number of carboxylic acid groups (broad SMARTS) is 1. The lowest BCUT2D eigenvalue weighted by atomic mass is 9.82. The smallest absolute Gasteiger partial charge is 0.330 e. The predicted molar refractivity (Wildman–Crippen MR) is 118 cm³/mol. The molecular weight excluding hydrogens is 412 g/mol. The second kappa shape index (κ2) is 10.0. The van der Waals surface area contributed by atoms with Gasteiger partial charge in [0.15, 0.2) is 6.23 Å². The zero-order valence-corrected chi connectivity index (χ0v) is 19.1. The van der Waals surface area contributed by atoms with E-state index in [9.17, 15) is 19.5 Å². The van der Waals surface area contributed by atoms with Crippen LogP contribution in [0.25, 0.3) is 0 Å². The third-order valence-electron chi connectivity index (χ3n) is 6.89.